The third-order valence-electron chi connectivity index (χ3n) is 3.78. The molecule has 0 fully saturated rings. The summed E-state index contributed by atoms with van der Waals surface area (Å²) in [6, 6.07) is 15.3. The van der Waals surface area contributed by atoms with E-state index in [9.17, 15) is 0 Å². The van der Waals surface area contributed by atoms with Crippen molar-refractivity contribution in [2.45, 2.75) is 26.4 Å². The average molecular weight is 315 g/mol. The van der Waals surface area contributed by atoms with Crippen molar-refractivity contribution < 1.29 is 4.18 Å². The molecule has 0 N–H and O–H groups in total. The normalized spacial score (nSPS) is 11.0. The lowest BCUT2D eigenvalue weighted by atomic mass is 9.94. The van der Waals surface area contributed by atoms with Crippen LogP contribution >= 0.6 is 12.0 Å². The van der Waals surface area contributed by atoms with E-state index in [0.29, 0.717) is 12.5 Å². The minimum atomic E-state index is 0.508. The van der Waals surface area contributed by atoms with Gasteiger partial charge in [0.25, 0.3) is 0 Å². The molecule has 0 radical (unpaired) electrons. The van der Waals surface area contributed by atoms with Crippen LogP contribution in [0.2, 0.25) is 0 Å². The van der Waals surface area contributed by atoms with Gasteiger partial charge in [-0.2, -0.15) is 0 Å². The van der Waals surface area contributed by atoms with E-state index in [1.54, 1.807) is 0 Å². The molecule has 0 aromatic heterocycles. The van der Waals surface area contributed by atoms with Crippen molar-refractivity contribution in [1.82, 2.24) is 0 Å². The molecule has 0 aliphatic rings. The molecule has 0 saturated carbocycles. The zero-order valence-corrected chi connectivity index (χ0v) is 14.9. The molecule has 2 nitrogen and oxygen atoms in total. The molecular formula is C19H25NOS. The lowest BCUT2D eigenvalue weighted by Crippen LogP contribution is -2.09. The second-order valence-electron chi connectivity index (χ2n) is 5.95. The fourth-order valence-corrected chi connectivity index (χ4v) is 2.68. The van der Waals surface area contributed by atoms with Gasteiger partial charge < -0.3 is 9.08 Å². The van der Waals surface area contributed by atoms with Gasteiger partial charge in [-0.25, -0.2) is 0 Å². The van der Waals surface area contributed by atoms with Crippen LogP contribution in [-0.2, 0) is 10.8 Å². The van der Waals surface area contributed by atoms with E-state index >= 15 is 0 Å². The minimum Gasteiger partial charge on any atom is -0.378 e. The van der Waals surface area contributed by atoms with Gasteiger partial charge in [0.1, 0.15) is 0 Å². The Morgan fingerprint density at radius 2 is 1.82 bits per heavy atom. The maximum atomic E-state index is 5.54. The lowest BCUT2D eigenvalue weighted by Gasteiger charge is -2.19. The summed E-state index contributed by atoms with van der Waals surface area (Å²) < 4.78 is 5.54. The molecule has 0 heterocycles. The number of hydrogen-bond donors (Lipinski definition) is 0. The second kappa shape index (κ2) is 7.70. The van der Waals surface area contributed by atoms with Crippen LogP contribution in [0.25, 0.3) is 11.1 Å². The van der Waals surface area contributed by atoms with E-state index in [1.807, 2.05) is 6.26 Å². The summed E-state index contributed by atoms with van der Waals surface area (Å²) in [5, 5.41) is 0. The predicted octanol–water partition coefficient (Wildman–Crippen LogP) is 5.34. The highest BCUT2D eigenvalue weighted by molar-refractivity contribution is 7.93. The predicted molar refractivity (Wildman–Crippen MR) is 98.6 cm³/mol. The number of benzene rings is 2. The molecule has 0 saturated heterocycles. The Hall–Kier alpha value is -1.45. The van der Waals surface area contributed by atoms with Crippen LogP contribution in [-0.4, -0.2) is 20.4 Å². The standard InChI is InChI=1S/C19H25NOS/c1-14(2)16-10-17(12-18(11-16)20(3)4)19-9-7-6-8-15(19)13-21-22-5/h6-12,14H,13H2,1-5H3. The Kier molecular flexibility index (Phi) is 5.92. The van der Waals surface area contributed by atoms with Gasteiger partial charge in [-0.1, -0.05) is 44.2 Å². The van der Waals surface area contributed by atoms with Gasteiger partial charge in [0, 0.05) is 26.0 Å². The first-order valence-corrected chi connectivity index (χ1v) is 8.74. The zero-order valence-electron chi connectivity index (χ0n) is 14.1. The van der Waals surface area contributed by atoms with Crippen LogP contribution in [0.4, 0.5) is 5.69 Å². The molecule has 118 valence electrons. The maximum Gasteiger partial charge on any atom is 0.0870 e. The van der Waals surface area contributed by atoms with Gasteiger partial charge in [0.2, 0.25) is 0 Å². The van der Waals surface area contributed by atoms with Crippen LogP contribution in [0.1, 0.15) is 30.9 Å². The van der Waals surface area contributed by atoms with Gasteiger partial charge in [-0.05, 0) is 52.3 Å². The summed E-state index contributed by atoms with van der Waals surface area (Å²) in [5.74, 6) is 0.508. The van der Waals surface area contributed by atoms with Gasteiger partial charge in [0.15, 0.2) is 0 Å². The van der Waals surface area contributed by atoms with E-state index in [2.05, 4.69) is 75.3 Å². The molecule has 22 heavy (non-hydrogen) atoms. The van der Waals surface area contributed by atoms with E-state index in [-0.39, 0.29) is 0 Å². The van der Waals surface area contributed by atoms with Crippen LogP contribution in [0.3, 0.4) is 0 Å². The summed E-state index contributed by atoms with van der Waals surface area (Å²) in [6.07, 6.45) is 1.95. The maximum absolute atomic E-state index is 5.54. The molecular weight excluding hydrogens is 290 g/mol. The topological polar surface area (TPSA) is 12.5 Å². The van der Waals surface area contributed by atoms with Crippen molar-refractivity contribution in [3.05, 3.63) is 53.6 Å². The second-order valence-corrected chi connectivity index (χ2v) is 6.52. The van der Waals surface area contributed by atoms with E-state index < -0.39 is 0 Å². The van der Waals surface area contributed by atoms with Crippen molar-refractivity contribution in [1.29, 1.82) is 0 Å². The van der Waals surface area contributed by atoms with E-state index in [4.69, 9.17) is 4.18 Å². The van der Waals surface area contributed by atoms with Crippen LogP contribution < -0.4 is 4.90 Å². The minimum absolute atomic E-state index is 0.508. The molecule has 0 spiro atoms. The van der Waals surface area contributed by atoms with Gasteiger partial charge >= 0.3 is 0 Å². The molecule has 2 rings (SSSR count). The van der Waals surface area contributed by atoms with Crippen molar-refractivity contribution in [2.75, 3.05) is 25.3 Å². The Balaban J connectivity index is 2.52. The highest BCUT2D eigenvalue weighted by atomic mass is 32.2. The molecule has 3 heteroatoms. The Bertz CT molecular complexity index is 596. The third kappa shape index (κ3) is 4.05. The van der Waals surface area contributed by atoms with Crippen LogP contribution in [0.5, 0.6) is 0 Å². The fourth-order valence-electron chi connectivity index (χ4n) is 2.43. The first-order chi connectivity index (χ1) is 10.5. The van der Waals surface area contributed by atoms with Gasteiger partial charge in [0.05, 0.1) is 6.61 Å². The quantitative estimate of drug-likeness (QED) is 0.668. The Morgan fingerprint density at radius 3 is 2.45 bits per heavy atom. The smallest absolute Gasteiger partial charge is 0.0870 e. The lowest BCUT2D eigenvalue weighted by molar-refractivity contribution is 0.366. The molecule has 0 aliphatic carbocycles. The van der Waals surface area contributed by atoms with Crippen molar-refractivity contribution in [3.63, 3.8) is 0 Å². The van der Waals surface area contributed by atoms with Crippen LogP contribution in [0.15, 0.2) is 42.5 Å². The summed E-state index contributed by atoms with van der Waals surface area (Å²) >= 11 is 1.41. The monoisotopic (exact) mass is 315 g/mol. The fraction of sp³-hybridized carbons (Fsp3) is 0.368. The van der Waals surface area contributed by atoms with Crippen LogP contribution in [0, 0.1) is 0 Å². The molecule has 0 aliphatic heterocycles. The summed E-state index contributed by atoms with van der Waals surface area (Å²) in [4.78, 5) is 2.16. The average Bonchev–Trinajstić information content (AvgIpc) is 2.52. The number of nitrogens with zero attached hydrogens (tertiary/aromatic N) is 1. The van der Waals surface area contributed by atoms with Crippen molar-refractivity contribution in [2.24, 2.45) is 0 Å². The number of anilines is 1. The number of rotatable bonds is 6. The Labute approximate surface area is 138 Å². The van der Waals surface area contributed by atoms with Gasteiger partial charge in [-0.3, -0.25) is 0 Å². The summed E-state index contributed by atoms with van der Waals surface area (Å²) in [7, 11) is 4.18. The van der Waals surface area contributed by atoms with Crippen molar-refractivity contribution in [3.8, 4) is 11.1 Å². The number of hydrogen-bond acceptors (Lipinski definition) is 3. The van der Waals surface area contributed by atoms with Crippen molar-refractivity contribution >= 4 is 17.7 Å². The summed E-state index contributed by atoms with van der Waals surface area (Å²) in [5.41, 5.74) is 6.34. The highest BCUT2D eigenvalue weighted by Crippen LogP contribution is 2.32. The summed E-state index contributed by atoms with van der Waals surface area (Å²) in [6.45, 7) is 5.10. The highest BCUT2D eigenvalue weighted by Gasteiger charge is 2.10. The third-order valence-corrected chi connectivity index (χ3v) is 4.14. The van der Waals surface area contributed by atoms with E-state index in [0.717, 1.165) is 0 Å². The Morgan fingerprint density at radius 1 is 1.09 bits per heavy atom. The molecule has 2 aromatic rings. The molecule has 0 bridgehead atoms. The largest absolute Gasteiger partial charge is 0.378 e. The van der Waals surface area contributed by atoms with E-state index in [1.165, 1.54) is 40.0 Å². The first kappa shape index (κ1) is 16.9. The zero-order chi connectivity index (χ0) is 16.1. The molecule has 0 amide bonds. The van der Waals surface area contributed by atoms with Gasteiger partial charge in [-0.15, -0.1) is 0 Å². The SMILES string of the molecule is CSOCc1ccccc1-c1cc(C(C)C)cc(N(C)C)c1. The molecule has 0 unspecified atom stereocenters. The molecule has 2 aromatic carbocycles. The first-order valence-electron chi connectivity index (χ1n) is 7.59. The molecule has 0 atom stereocenters.